The molecule has 3 aliphatic rings. The van der Waals surface area contributed by atoms with Crippen molar-refractivity contribution in [1.82, 2.24) is 4.90 Å². The molecule has 2 heterocycles. The highest BCUT2D eigenvalue weighted by Gasteiger charge is 2.36. The molecule has 0 spiro atoms. The van der Waals surface area contributed by atoms with Gasteiger partial charge in [-0.05, 0) is 74.6 Å². The van der Waals surface area contributed by atoms with Gasteiger partial charge in [0.1, 0.15) is 18.0 Å². The van der Waals surface area contributed by atoms with Crippen LogP contribution in [0.5, 0.6) is 5.75 Å². The second-order valence-corrected chi connectivity index (χ2v) is 8.86. The van der Waals surface area contributed by atoms with Crippen LogP contribution in [0.1, 0.15) is 69.1 Å². The molecule has 26 heavy (non-hydrogen) atoms. The van der Waals surface area contributed by atoms with E-state index in [0.717, 1.165) is 25.3 Å². The van der Waals surface area contributed by atoms with Gasteiger partial charge in [-0.25, -0.2) is 4.79 Å². The predicted molar refractivity (Wildman–Crippen MR) is 102 cm³/mol. The van der Waals surface area contributed by atoms with Crippen LogP contribution < -0.4 is 10.1 Å². The zero-order valence-electron chi connectivity index (χ0n) is 16.4. The summed E-state index contributed by atoms with van der Waals surface area (Å²) in [4.78, 5) is 14.5. The van der Waals surface area contributed by atoms with Crippen LogP contribution in [0.4, 0.5) is 10.5 Å². The van der Waals surface area contributed by atoms with Crippen LogP contribution in [0.2, 0.25) is 0 Å². The Labute approximate surface area is 156 Å². The maximum Gasteiger partial charge on any atom is 0.410 e. The van der Waals surface area contributed by atoms with Gasteiger partial charge in [0.25, 0.3) is 0 Å². The lowest BCUT2D eigenvalue weighted by Crippen LogP contribution is -2.38. The number of hydrogen-bond donors (Lipinski definition) is 1. The summed E-state index contributed by atoms with van der Waals surface area (Å²) in [7, 11) is 0. The van der Waals surface area contributed by atoms with Crippen molar-refractivity contribution in [2.45, 2.75) is 64.4 Å². The Hall–Kier alpha value is -1.91. The Balaban J connectivity index is 1.67. The zero-order chi connectivity index (χ0) is 18.5. The van der Waals surface area contributed by atoms with Crippen molar-refractivity contribution in [3.8, 4) is 5.75 Å². The average Bonchev–Trinajstić information content (AvgIpc) is 3.40. The van der Waals surface area contributed by atoms with Crippen molar-refractivity contribution in [3.63, 3.8) is 0 Å². The quantitative estimate of drug-likeness (QED) is 0.815. The van der Waals surface area contributed by atoms with Gasteiger partial charge in [0, 0.05) is 19.6 Å². The third-order valence-electron chi connectivity index (χ3n) is 5.39. The molecule has 1 fully saturated rings. The fourth-order valence-corrected chi connectivity index (χ4v) is 4.23. The van der Waals surface area contributed by atoms with E-state index in [1.165, 1.54) is 35.2 Å². The van der Waals surface area contributed by atoms with Crippen molar-refractivity contribution >= 4 is 11.8 Å². The Morgan fingerprint density at radius 1 is 1.31 bits per heavy atom. The SMILES string of the molecule is CC1CN(C(=O)OC(C)(C)C)CCc2cc3c(c(C4CC4)c21)NCCO3. The van der Waals surface area contributed by atoms with Crippen LogP contribution in [-0.2, 0) is 11.2 Å². The molecule has 0 saturated heterocycles. The van der Waals surface area contributed by atoms with Gasteiger partial charge in [0.15, 0.2) is 0 Å². The van der Waals surface area contributed by atoms with Gasteiger partial charge in [0.05, 0.1) is 5.69 Å². The third-order valence-corrected chi connectivity index (χ3v) is 5.39. The number of amides is 1. The number of benzene rings is 1. The molecule has 1 N–H and O–H groups in total. The molecule has 4 rings (SSSR count). The van der Waals surface area contributed by atoms with Crippen LogP contribution in [0.15, 0.2) is 6.07 Å². The second-order valence-electron chi connectivity index (χ2n) is 8.86. The molecule has 1 saturated carbocycles. The van der Waals surface area contributed by atoms with Crippen molar-refractivity contribution in [2.24, 2.45) is 0 Å². The molecule has 1 aromatic rings. The van der Waals surface area contributed by atoms with Gasteiger partial charge in [-0.2, -0.15) is 0 Å². The molecular weight excluding hydrogens is 328 g/mol. The first-order valence-corrected chi connectivity index (χ1v) is 9.88. The number of carbonyl (C=O) groups is 1. The van der Waals surface area contributed by atoms with E-state index >= 15 is 0 Å². The summed E-state index contributed by atoms with van der Waals surface area (Å²) in [6.45, 7) is 11.0. The Kier molecular flexibility index (Phi) is 4.28. The molecule has 0 bridgehead atoms. The van der Waals surface area contributed by atoms with Crippen LogP contribution in [0.25, 0.3) is 0 Å². The standard InChI is InChI=1S/C21H30N2O3/c1-13-12-23(20(24)26-21(2,3)4)9-7-15-11-16-19(22-8-10-25-16)18(17(13)15)14-5-6-14/h11,13-14,22H,5-10,12H2,1-4H3. The van der Waals surface area contributed by atoms with Crippen molar-refractivity contribution in [2.75, 3.05) is 31.6 Å². The minimum atomic E-state index is -0.463. The molecule has 2 aliphatic heterocycles. The first-order chi connectivity index (χ1) is 12.3. The van der Waals surface area contributed by atoms with Crippen molar-refractivity contribution < 1.29 is 14.3 Å². The lowest BCUT2D eigenvalue weighted by molar-refractivity contribution is 0.0248. The normalized spacial score (nSPS) is 22.5. The summed E-state index contributed by atoms with van der Waals surface area (Å²) < 4.78 is 11.6. The summed E-state index contributed by atoms with van der Waals surface area (Å²) in [5, 5.41) is 3.58. The average molecular weight is 358 g/mol. The smallest absolute Gasteiger partial charge is 0.410 e. The fourth-order valence-electron chi connectivity index (χ4n) is 4.23. The van der Waals surface area contributed by atoms with E-state index in [1.807, 2.05) is 25.7 Å². The van der Waals surface area contributed by atoms with E-state index in [-0.39, 0.29) is 6.09 Å². The van der Waals surface area contributed by atoms with Crippen LogP contribution >= 0.6 is 0 Å². The maximum atomic E-state index is 12.6. The third kappa shape index (κ3) is 3.36. The molecule has 1 unspecified atom stereocenters. The Morgan fingerprint density at radius 3 is 2.77 bits per heavy atom. The van der Waals surface area contributed by atoms with E-state index < -0.39 is 5.60 Å². The first kappa shape index (κ1) is 17.5. The van der Waals surface area contributed by atoms with Gasteiger partial charge in [-0.3, -0.25) is 0 Å². The van der Waals surface area contributed by atoms with E-state index in [4.69, 9.17) is 9.47 Å². The highest BCUT2D eigenvalue weighted by Crippen LogP contribution is 2.51. The molecule has 5 heteroatoms. The summed E-state index contributed by atoms with van der Waals surface area (Å²) in [5.41, 5.74) is 4.98. The summed E-state index contributed by atoms with van der Waals surface area (Å²) in [6.07, 6.45) is 3.17. The van der Waals surface area contributed by atoms with Crippen molar-refractivity contribution in [1.29, 1.82) is 0 Å². The lowest BCUT2D eigenvalue weighted by atomic mass is 9.86. The summed E-state index contributed by atoms with van der Waals surface area (Å²) >= 11 is 0. The number of carbonyl (C=O) groups excluding carboxylic acids is 1. The Morgan fingerprint density at radius 2 is 2.08 bits per heavy atom. The minimum absolute atomic E-state index is 0.204. The monoisotopic (exact) mass is 358 g/mol. The molecule has 0 radical (unpaired) electrons. The summed E-state index contributed by atoms with van der Waals surface area (Å²) in [5.74, 6) is 1.93. The molecule has 1 aliphatic carbocycles. The fraction of sp³-hybridized carbons (Fsp3) is 0.667. The van der Waals surface area contributed by atoms with E-state index in [2.05, 4.69) is 18.3 Å². The van der Waals surface area contributed by atoms with Crippen LogP contribution in [0, 0.1) is 0 Å². The maximum absolute atomic E-state index is 12.6. The number of nitrogens with one attached hydrogen (secondary N) is 1. The summed E-state index contributed by atoms with van der Waals surface area (Å²) in [6, 6.07) is 2.21. The second kappa shape index (κ2) is 6.36. The molecule has 1 amide bonds. The molecule has 1 aromatic carbocycles. The molecule has 1 atom stereocenters. The van der Waals surface area contributed by atoms with E-state index in [1.54, 1.807) is 0 Å². The van der Waals surface area contributed by atoms with Gasteiger partial charge in [-0.15, -0.1) is 0 Å². The number of fused-ring (bicyclic) bond motifs is 2. The highest BCUT2D eigenvalue weighted by atomic mass is 16.6. The number of ether oxygens (including phenoxy) is 2. The molecule has 5 nitrogen and oxygen atoms in total. The highest BCUT2D eigenvalue weighted by molar-refractivity contribution is 5.72. The number of anilines is 1. The predicted octanol–water partition coefficient (Wildman–Crippen LogP) is 4.27. The van der Waals surface area contributed by atoms with E-state index in [0.29, 0.717) is 24.9 Å². The van der Waals surface area contributed by atoms with Gasteiger partial charge >= 0.3 is 6.09 Å². The minimum Gasteiger partial charge on any atom is -0.490 e. The molecular formula is C21H30N2O3. The number of nitrogens with zero attached hydrogens (tertiary/aromatic N) is 1. The lowest BCUT2D eigenvalue weighted by Gasteiger charge is -2.29. The molecule has 0 aromatic heterocycles. The van der Waals surface area contributed by atoms with Gasteiger partial charge < -0.3 is 19.7 Å². The van der Waals surface area contributed by atoms with Crippen LogP contribution in [-0.4, -0.2) is 42.8 Å². The largest absolute Gasteiger partial charge is 0.490 e. The van der Waals surface area contributed by atoms with Crippen molar-refractivity contribution in [3.05, 3.63) is 22.8 Å². The number of hydrogen-bond acceptors (Lipinski definition) is 4. The zero-order valence-corrected chi connectivity index (χ0v) is 16.4. The number of rotatable bonds is 1. The van der Waals surface area contributed by atoms with Gasteiger partial charge in [0.2, 0.25) is 0 Å². The molecule has 142 valence electrons. The Bertz CT molecular complexity index is 719. The topological polar surface area (TPSA) is 50.8 Å². The van der Waals surface area contributed by atoms with Crippen LogP contribution in [0.3, 0.4) is 0 Å². The van der Waals surface area contributed by atoms with Gasteiger partial charge in [-0.1, -0.05) is 6.92 Å². The first-order valence-electron chi connectivity index (χ1n) is 9.88. The van der Waals surface area contributed by atoms with E-state index in [9.17, 15) is 4.79 Å².